The monoisotopic (exact) mass is 389 g/mol. The molecule has 1 saturated heterocycles. The minimum atomic E-state index is -3.58. The summed E-state index contributed by atoms with van der Waals surface area (Å²) in [6.45, 7) is 6.50. The Kier molecular flexibility index (Phi) is 6.19. The Morgan fingerprint density at radius 3 is 2.41 bits per heavy atom. The zero-order chi connectivity index (χ0) is 19.4. The van der Waals surface area contributed by atoms with Crippen LogP contribution >= 0.6 is 0 Å². The lowest BCUT2D eigenvalue weighted by atomic mass is 10.1. The van der Waals surface area contributed by atoms with Crippen LogP contribution in [0.15, 0.2) is 59.5 Å². The number of hydrogen-bond acceptors (Lipinski definition) is 4. The van der Waals surface area contributed by atoms with E-state index in [0.29, 0.717) is 25.3 Å². The van der Waals surface area contributed by atoms with Gasteiger partial charge in [0.15, 0.2) is 0 Å². The van der Waals surface area contributed by atoms with Crippen molar-refractivity contribution in [1.29, 1.82) is 0 Å². The highest BCUT2D eigenvalue weighted by atomic mass is 32.2. The summed E-state index contributed by atoms with van der Waals surface area (Å²) in [7, 11) is -3.58. The summed E-state index contributed by atoms with van der Waals surface area (Å²) in [6.07, 6.45) is 0.591. The molecule has 0 bridgehead atoms. The molecule has 0 aromatic heterocycles. The van der Waals surface area contributed by atoms with Gasteiger partial charge in [0.05, 0.1) is 23.7 Å². The van der Waals surface area contributed by atoms with E-state index < -0.39 is 10.0 Å². The second-order valence-corrected chi connectivity index (χ2v) is 9.10. The highest BCUT2D eigenvalue weighted by molar-refractivity contribution is 7.89. The molecular formula is C21H27NO4S. The van der Waals surface area contributed by atoms with Crippen molar-refractivity contribution in [1.82, 2.24) is 4.31 Å². The summed E-state index contributed by atoms with van der Waals surface area (Å²) >= 11 is 0. The average Bonchev–Trinajstić information content (AvgIpc) is 2.64. The van der Waals surface area contributed by atoms with Crippen LogP contribution in [0, 0.1) is 0 Å². The third-order valence-electron chi connectivity index (χ3n) is 4.56. The van der Waals surface area contributed by atoms with E-state index in [-0.39, 0.29) is 23.1 Å². The largest absolute Gasteiger partial charge is 0.491 e. The number of nitrogens with zero attached hydrogens (tertiary/aromatic N) is 1. The topological polar surface area (TPSA) is 55.8 Å². The second-order valence-electron chi connectivity index (χ2n) is 7.21. The molecule has 1 aliphatic heterocycles. The van der Waals surface area contributed by atoms with Crippen molar-refractivity contribution in [2.75, 3.05) is 13.2 Å². The van der Waals surface area contributed by atoms with E-state index in [9.17, 15) is 8.42 Å². The molecule has 6 heteroatoms. The van der Waals surface area contributed by atoms with Gasteiger partial charge in [-0.05, 0) is 57.0 Å². The molecule has 1 fully saturated rings. The van der Waals surface area contributed by atoms with Gasteiger partial charge >= 0.3 is 0 Å². The lowest BCUT2D eigenvalue weighted by Gasteiger charge is -2.37. The first kappa shape index (κ1) is 19.9. The zero-order valence-electron chi connectivity index (χ0n) is 16.0. The molecule has 146 valence electrons. The fraction of sp³-hybridized carbons (Fsp3) is 0.429. The van der Waals surface area contributed by atoms with Gasteiger partial charge in [0.2, 0.25) is 10.0 Å². The molecule has 0 saturated carbocycles. The number of rotatable bonds is 6. The Balaban J connectivity index is 1.75. The first-order chi connectivity index (χ1) is 12.9. The van der Waals surface area contributed by atoms with Crippen LogP contribution in [0.1, 0.15) is 26.3 Å². The van der Waals surface area contributed by atoms with E-state index in [0.717, 1.165) is 5.56 Å². The average molecular weight is 390 g/mol. The summed E-state index contributed by atoms with van der Waals surface area (Å²) in [5.74, 6) is 0.668. The number of ether oxygens (including phenoxy) is 2. The lowest BCUT2D eigenvalue weighted by molar-refractivity contribution is -0.0265. The van der Waals surface area contributed by atoms with E-state index in [1.54, 1.807) is 28.6 Å². The molecule has 3 rings (SSSR count). The predicted molar refractivity (Wildman–Crippen MR) is 105 cm³/mol. The van der Waals surface area contributed by atoms with Crippen LogP contribution < -0.4 is 4.74 Å². The number of morpholine rings is 1. The Hall–Kier alpha value is -1.89. The molecule has 2 unspecified atom stereocenters. The van der Waals surface area contributed by atoms with Crippen LogP contribution in [0.4, 0.5) is 0 Å². The molecule has 0 spiro atoms. The Labute approximate surface area is 162 Å². The van der Waals surface area contributed by atoms with Crippen molar-refractivity contribution < 1.29 is 17.9 Å². The maximum atomic E-state index is 13.2. The van der Waals surface area contributed by atoms with Crippen LogP contribution in [0.3, 0.4) is 0 Å². The molecule has 5 nitrogen and oxygen atoms in total. The SMILES string of the molecule is CC(C)Oc1ccc(S(=O)(=O)N2CC(Cc3ccccc3)OCC2C)cc1. The molecule has 2 atom stereocenters. The molecule has 2 aromatic rings. The molecular weight excluding hydrogens is 362 g/mol. The van der Waals surface area contributed by atoms with E-state index >= 15 is 0 Å². The Morgan fingerprint density at radius 2 is 1.78 bits per heavy atom. The van der Waals surface area contributed by atoms with Crippen molar-refractivity contribution in [2.24, 2.45) is 0 Å². The number of benzene rings is 2. The van der Waals surface area contributed by atoms with Gasteiger partial charge in [-0.25, -0.2) is 8.42 Å². The van der Waals surface area contributed by atoms with Gasteiger partial charge in [-0.15, -0.1) is 0 Å². The van der Waals surface area contributed by atoms with Gasteiger partial charge in [-0.1, -0.05) is 30.3 Å². The van der Waals surface area contributed by atoms with Gasteiger partial charge in [0.25, 0.3) is 0 Å². The molecule has 27 heavy (non-hydrogen) atoms. The summed E-state index contributed by atoms with van der Waals surface area (Å²) in [6, 6.07) is 16.4. The van der Waals surface area contributed by atoms with Gasteiger partial charge in [0, 0.05) is 12.6 Å². The van der Waals surface area contributed by atoms with Gasteiger partial charge < -0.3 is 9.47 Å². The summed E-state index contributed by atoms with van der Waals surface area (Å²) < 4.78 is 39.4. The minimum Gasteiger partial charge on any atom is -0.491 e. The standard InChI is InChI=1S/C21H27NO4S/c1-16(2)26-19-9-11-21(12-10-19)27(23,24)22-14-20(25-15-17(22)3)13-18-7-5-4-6-8-18/h4-12,16-17,20H,13-15H2,1-3H3. The fourth-order valence-electron chi connectivity index (χ4n) is 3.23. The molecule has 1 heterocycles. The molecule has 0 radical (unpaired) electrons. The van der Waals surface area contributed by atoms with E-state index in [4.69, 9.17) is 9.47 Å². The van der Waals surface area contributed by atoms with Crippen molar-refractivity contribution in [2.45, 2.75) is 50.3 Å². The molecule has 1 aliphatic rings. The normalized spacial score (nSPS) is 21.3. The summed E-state index contributed by atoms with van der Waals surface area (Å²) in [5.41, 5.74) is 1.14. The smallest absolute Gasteiger partial charge is 0.243 e. The molecule has 0 N–H and O–H groups in total. The molecule has 0 aliphatic carbocycles. The lowest BCUT2D eigenvalue weighted by Crippen LogP contribution is -2.51. The van der Waals surface area contributed by atoms with Gasteiger partial charge in [0.1, 0.15) is 5.75 Å². The number of sulfonamides is 1. The first-order valence-electron chi connectivity index (χ1n) is 9.30. The van der Waals surface area contributed by atoms with E-state index in [1.807, 2.05) is 51.1 Å². The highest BCUT2D eigenvalue weighted by Crippen LogP contribution is 2.25. The second kappa shape index (κ2) is 8.42. The third kappa shape index (κ3) is 4.89. The predicted octanol–water partition coefficient (Wildman–Crippen LogP) is 3.49. The fourth-order valence-corrected chi connectivity index (χ4v) is 4.87. The quantitative estimate of drug-likeness (QED) is 0.759. The van der Waals surface area contributed by atoms with Crippen molar-refractivity contribution in [3.63, 3.8) is 0 Å². The van der Waals surface area contributed by atoms with Crippen LogP contribution in [-0.2, 0) is 21.2 Å². The Morgan fingerprint density at radius 1 is 1.11 bits per heavy atom. The maximum absolute atomic E-state index is 13.2. The molecule has 2 aromatic carbocycles. The molecule has 0 amide bonds. The van der Waals surface area contributed by atoms with Crippen LogP contribution in [-0.4, -0.2) is 44.1 Å². The third-order valence-corrected chi connectivity index (χ3v) is 6.55. The summed E-state index contributed by atoms with van der Waals surface area (Å²) in [4.78, 5) is 0.283. The van der Waals surface area contributed by atoms with Gasteiger partial charge in [-0.2, -0.15) is 4.31 Å². The van der Waals surface area contributed by atoms with E-state index in [1.165, 1.54) is 0 Å². The van der Waals surface area contributed by atoms with Crippen LogP contribution in [0.25, 0.3) is 0 Å². The Bertz CT molecular complexity index is 834. The zero-order valence-corrected chi connectivity index (χ0v) is 16.9. The van der Waals surface area contributed by atoms with Crippen molar-refractivity contribution in [3.8, 4) is 5.75 Å². The van der Waals surface area contributed by atoms with Crippen molar-refractivity contribution >= 4 is 10.0 Å². The van der Waals surface area contributed by atoms with Crippen molar-refractivity contribution in [3.05, 3.63) is 60.2 Å². The van der Waals surface area contributed by atoms with Crippen LogP contribution in [0.2, 0.25) is 0 Å². The minimum absolute atomic E-state index is 0.0467. The maximum Gasteiger partial charge on any atom is 0.243 e. The first-order valence-corrected chi connectivity index (χ1v) is 10.7. The number of hydrogen-bond donors (Lipinski definition) is 0. The summed E-state index contributed by atoms with van der Waals surface area (Å²) in [5, 5.41) is 0. The highest BCUT2D eigenvalue weighted by Gasteiger charge is 2.35. The van der Waals surface area contributed by atoms with Gasteiger partial charge in [-0.3, -0.25) is 0 Å². The van der Waals surface area contributed by atoms with Crippen LogP contribution in [0.5, 0.6) is 5.75 Å². The van der Waals surface area contributed by atoms with E-state index in [2.05, 4.69) is 0 Å².